The highest BCUT2D eigenvalue weighted by Gasteiger charge is 2.20. The lowest BCUT2D eigenvalue weighted by molar-refractivity contribution is 0.0503. The Kier molecular flexibility index (Phi) is 12.7. The highest BCUT2D eigenvalue weighted by Crippen LogP contribution is 2.30. The van der Waals surface area contributed by atoms with Crippen LogP contribution in [0.3, 0.4) is 0 Å². The number of amides is 2. The first-order chi connectivity index (χ1) is 28.3. The summed E-state index contributed by atoms with van der Waals surface area (Å²) in [6.45, 7) is 3.82. The number of benzene rings is 3. The first kappa shape index (κ1) is 40.0. The van der Waals surface area contributed by atoms with Gasteiger partial charge >= 0.3 is 0 Å². The van der Waals surface area contributed by atoms with Gasteiger partial charge in [-0.15, -0.1) is 0 Å². The number of nitrogen functional groups attached to an aromatic ring is 2. The molecule has 0 unspecified atom stereocenters. The fourth-order valence-corrected chi connectivity index (χ4v) is 7.20. The maximum Gasteiger partial charge on any atom is 0.254 e. The Balaban J connectivity index is 1.03. The van der Waals surface area contributed by atoms with Gasteiger partial charge < -0.3 is 50.2 Å². The van der Waals surface area contributed by atoms with E-state index < -0.39 is 5.91 Å². The van der Waals surface area contributed by atoms with Gasteiger partial charge in [0.05, 0.1) is 61.7 Å². The van der Waals surface area contributed by atoms with Crippen LogP contribution in [0.25, 0.3) is 43.9 Å². The molecule has 3 aromatic carbocycles. The van der Waals surface area contributed by atoms with E-state index in [-0.39, 0.29) is 19.1 Å². The molecule has 0 bridgehead atoms. The zero-order valence-corrected chi connectivity index (χ0v) is 32.7. The summed E-state index contributed by atoms with van der Waals surface area (Å²) in [5.41, 5.74) is 23.6. The predicted octanol–water partition coefficient (Wildman–Crippen LogP) is 4.00. The standard InChI is InChI=1S/C42H48N10O6/c1-55-21-15-33-48-35-37(29-7-3-5-9-31(29)46-39(35)43)51(33)19-25-57-23-17-50(42(54)28-13-11-27(12-14-28)41(45)53)18-24-58-26-20-52-34(16-22-56-2)49-36-38(52)30-8-4-6-10-32(30)47-40(36)44/h3-14H,15-26H2,1-2H3,(H2,43,46)(H2,44,47)(H2,45,53). The van der Waals surface area contributed by atoms with Crippen molar-refractivity contribution in [2.75, 3.05) is 78.4 Å². The number of primary amides is 1. The molecular formula is C42H48N10O6. The minimum absolute atomic E-state index is 0.225. The van der Waals surface area contributed by atoms with Gasteiger partial charge in [-0.1, -0.05) is 36.4 Å². The Morgan fingerprint density at radius 1 is 0.603 bits per heavy atom. The molecule has 0 spiro atoms. The van der Waals surface area contributed by atoms with Gasteiger partial charge in [-0.05, 0) is 36.4 Å². The number of carbonyl (C=O) groups excluding carboxylic acids is 2. The fourth-order valence-electron chi connectivity index (χ4n) is 7.20. The second-order valence-corrected chi connectivity index (χ2v) is 13.7. The summed E-state index contributed by atoms with van der Waals surface area (Å²) in [6.07, 6.45) is 1.17. The largest absolute Gasteiger partial charge is 0.384 e. The molecule has 7 aromatic rings. The molecule has 6 N–H and O–H groups in total. The highest BCUT2D eigenvalue weighted by atomic mass is 16.5. The van der Waals surface area contributed by atoms with Crippen molar-refractivity contribution in [3.63, 3.8) is 0 Å². The van der Waals surface area contributed by atoms with E-state index in [0.717, 1.165) is 44.5 Å². The third-order valence-electron chi connectivity index (χ3n) is 10.1. The molecule has 4 aromatic heterocycles. The fraction of sp³-hybridized carbons (Fsp3) is 0.333. The molecule has 16 heteroatoms. The number of carbonyl (C=O) groups is 2. The van der Waals surface area contributed by atoms with E-state index in [1.54, 1.807) is 43.4 Å². The van der Waals surface area contributed by atoms with Crippen molar-refractivity contribution >= 4 is 67.3 Å². The van der Waals surface area contributed by atoms with Gasteiger partial charge in [0.25, 0.3) is 5.91 Å². The predicted molar refractivity (Wildman–Crippen MR) is 223 cm³/mol. The summed E-state index contributed by atoms with van der Waals surface area (Å²) in [5.74, 6) is 1.59. The van der Waals surface area contributed by atoms with E-state index in [4.69, 9.17) is 46.1 Å². The highest BCUT2D eigenvalue weighted by molar-refractivity contribution is 6.07. The number of pyridine rings is 2. The molecule has 0 saturated heterocycles. The molecule has 7 rings (SSSR count). The summed E-state index contributed by atoms with van der Waals surface area (Å²) in [4.78, 5) is 46.0. The Morgan fingerprint density at radius 2 is 1.05 bits per heavy atom. The Morgan fingerprint density at radius 3 is 1.50 bits per heavy atom. The number of ether oxygens (including phenoxy) is 4. The van der Waals surface area contributed by atoms with Gasteiger partial charge in [0, 0.05) is 75.1 Å². The van der Waals surface area contributed by atoms with Crippen LogP contribution in [0.1, 0.15) is 32.4 Å². The summed E-state index contributed by atoms with van der Waals surface area (Å²) < 4.78 is 27.3. The average Bonchev–Trinajstić information content (AvgIpc) is 3.80. The number of methoxy groups -OCH3 is 2. The average molecular weight is 789 g/mol. The molecule has 0 atom stereocenters. The molecule has 0 fully saturated rings. The van der Waals surface area contributed by atoms with Crippen LogP contribution in [0.2, 0.25) is 0 Å². The van der Waals surface area contributed by atoms with Gasteiger partial charge in [-0.2, -0.15) is 0 Å². The van der Waals surface area contributed by atoms with Crippen molar-refractivity contribution in [1.29, 1.82) is 0 Å². The van der Waals surface area contributed by atoms with Gasteiger partial charge in [0.2, 0.25) is 5.91 Å². The van der Waals surface area contributed by atoms with E-state index in [2.05, 4.69) is 19.1 Å². The monoisotopic (exact) mass is 788 g/mol. The molecule has 0 aliphatic rings. The summed E-state index contributed by atoms with van der Waals surface area (Å²) in [5, 5.41) is 1.90. The van der Waals surface area contributed by atoms with Crippen LogP contribution in [0.4, 0.5) is 11.6 Å². The third-order valence-corrected chi connectivity index (χ3v) is 10.1. The SMILES string of the molecule is COCCc1nc2c(N)nc3ccccc3c2n1CCOCCN(CCOCCn1c(CCOC)nc2c(N)nc3ccccc3c21)C(=O)c1ccc(C(N)=O)cc1. The van der Waals surface area contributed by atoms with Crippen LogP contribution in [0, 0.1) is 0 Å². The Hall–Kier alpha value is -6.20. The van der Waals surface area contributed by atoms with E-state index >= 15 is 0 Å². The van der Waals surface area contributed by atoms with Crippen molar-refractivity contribution in [1.82, 2.24) is 34.0 Å². The van der Waals surface area contributed by atoms with Crippen LogP contribution < -0.4 is 17.2 Å². The lowest BCUT2D eigenvalue weighted by Crippen LogP contribution is -2.37. The van der Waals surface area contributed by atoms with Gasteiger partial charge in [0.15, 0.2) is 11.6 Å². The third kappa shape index (κ3) is 8.55. The molecule has 4 heterocycles. The number of nitrogens with two attached hydrogens (primary N) is 3. The first-order valence-electron chi connectivity index (χ1n) is 19.2. The number of fused-ring (bicyclic) bond motifs is 6. The lowest BCUT2D eigenvalue weighted by Gasteiger charge is -2.23. The molecule has 0 radical (unpaired) electrons. The Bertz CT molecular complexity index is 2410. The van der Waals surface area contributed by atoms with Gasteiger partial charge in [-0.25, -0.2) is 19.9 Å². The van der Waals surface area contributed by atoms with Crippen LogP contribution in [-0.2, 0) is 44.9 Å². The quantitative estimate of drug-likeness (QED) is 0.0936. The van der Waals surface area contributed by atoms with Crippen molar-refractivity contribution in [3.8, 4) is 0 Å². The molecular weight excluding hydrogens is 741 g/mol. The lowest BCUT2D eigenvalue weighted by atomic mass is 10.1. The number of para-hydroxylation sites is 2. The number of imidazole rings is 2. The molecule has 0 aliphatic heterocycles. The van der Waals surface area contributed by atoms with Crippen LogP contribution in [0.5, 0.6) is 0 Å². The zero-order valence-electron chi connectivity index (χ0n) is 32.7. The number of rotatable bonds is 20. The van der Waals surface area contributed by atoms with Crippen LogP contribution in [0.15, 0.2) is 72.8 Å². The zero-order chi connectivity index (χ0) is 40.6. The second kappa shape index (κ2) is 18.4. The normalized spacial score (nSPS) is 11.7. The van der Waals surface area contributed by atoms with E-state index in [1.807, 2.05) is 48.5 Å². The van der Waals surface area contributed by atoms with Gasteiger partial charge in [-0.3, -0.25) is 9.59 Å². The maximum absolute atomic E-state index is 13.8. The smallest absolute Gasteiger partial charge is 0.254 e. The number of hydrogen-bond donors (Lipinski definition) is 3. The number of anilines is 2. The first-order valence-corrected chi connectivity index (χ1v) is 19.2. The molecule has 0 saturated carbocycles. The summed E-state index contributed by atoms with van der Waals surface area (Å²) >= 11 is 0. The van der Waals surface area contributed by atoms with Crippen molar-refractivity contribution in [2.45, 2.75) is 25.9 Å². The van der Waals surface area contributed by atoms with E-state index in [1.165, 1.54) is 0 Å². The number of aromatic nitrogens is 6. The molecule has 16 nitrogen and oxygen atoms in total. The summed E-state index contributed by atoms with van der Waals surface area (Å²) in [7, 11) is 3.31. The van der Waals surface area contributed by atoms with E-state index in [0.29, 0.717) is 99.2 Å². The van der Waals surface area contributed by atoms with Crippen molar-refractivity contribution in [3.05, 3.63) is 95.6 Å². The van der Waals surface area contributed by atoms with Crippen LogP contribution in [-0.4, -0.2) is 113 Å². The summed E-state index contributed by atoms with van der Waals surface area (Å²) in [6, 6.07) is 22.0. The topological polar surface area (TPSA) is 214 Å². The van der Waals surface area contributed by atoms with Crippen LogP contribution >= 0.6 is 0 Å². The van der Waals surface area contributed by atoms with E-state index in [9.17, 15) is 9.59 Å². The maximum atomic E-state index is 13.8. The minimum atomic E-state index is -0.566. The van der Waals surface area contributed by atoms with Crippen molar-refractivity contribution < 1.29 is 28.5 Å². The van der Waals surface area contributed by atoms with Gasteiger partial charge in [0.1, 0.15) is 22.7 Å². The molecule has 302 valence electrons. The second-order valence-electron chi connectivity index (χ2n) is 13.7. The Labute approximate surface area is 334 Å². The number of nitrogens with zero attached hydrogens (tertiary/aromatic N) is 7. The minimum Gasteiger partial charge on any atom is -0.384 e. The van der Waals surface area contributed by atoms with Crippen molar-refractivity contribution in [2.24, 2.45) is 5.73 Å². The molecule has 0 aliphatic carbocycles. The number of hydrogen-bond acceptors (Lipinski definition) is 12. The molecule has 58 heavy (non-hydrogen) atoms. The molecule has 2 amide bonds.